The normalized spacial score (nSPS) is 47.7. The molecule has 1 saturated carbocycles. The molecule has 6 aliphatic rings. The van der Waals surface area contributed by atoms with Crippen molar-refractivity contribution in [2.75, 3.05) is 0 Å². The Labute approximate surface area is 152 Å². The van der Waals surface area contributed by atoms with Crippen LogP contribution in [-0.2, 0) is 14.9 Å². The Morgan fingerprint density at radius 3 is 3.00 bits per heavy atom. The van der Waals surface area contributed by atoms with Crippen LogP contribution >= 0.6 is 0 Å². The fraction of sp³-hybridized carbons (Fsp3) is 0.524. The number of aliphatic imine (C=N–C) groups is 1. The summed E-state index contributed by atoms with van der Waals surface area (Å²) in [5, 5.41) is 11.0. The summed E-state index contributed by atoms with van der Waals surface area (Å²) in [6.07, 6.45) is 3.17. The molecule has 1 aromatic rings. The van der Waals surface area contributed by atoms with E-state index in [0.717, 1.165) is 29.8 Å². The molecule has 1 aliphatic carbocycles. The van der Waals surface area contributed by atoms with Gasteiger partial charge < -0.3 is 9.84 Å². The van der Waals surface area contributed by atoms with Crippen LogP contribution in [0.1, 0.15) is 32.3 Å². The number of aliphatic hydroxyl groups is 1. The molecule has 5 nitrogen and oxygen atoms in total. The van der Waals surface area contributed by atoms with Gasteiger partial charge in [-0.2, -0.15) is 0 Å². The predicted octanol–water partition coefficient (Wildman–Crippen LogP) is 2.31. The Hall–Kier alpha value is -1.98. The number of fused-ring (bicyclic) bond motifs is 2. The van der Waals surface area contributed by atoms with Crippen molar-refractivity contribution in [3.63, 3.8) is 0 Å². The number of allylic oxidation sites excluding steroid dienone is 1. The van der Waals surface area contributed by atoms with E-state index in [1.54, 1.807) is 0 Å². The number of esters is 1. The molecule has 5 fully saturated rings. The van der Waals surface area contributed by atoms with Crippen LogP contribution in [0.5, 0.6) is 0 Å². The highest BCUT2D eigenvalue weighted by Crippen LogP contribution is 2.67. The van der Waals surface area contributed by atoms with Gasteiger partial charge in [-0.3, -0.25) is 14.7 Å². The van der Waals surface area contributed by atoms with E-state index in [0.29, 0.717) is 0 Å². The third-order valence-corrected chi connectivity index (χ3v) is 7.53. The molecular weight excluding hydrogens is 328 g/mol. The second-order valence-electron chi connectivity index (χ2n) is 8.33. The Morgan fingerprint density at radius 1 is 1.42 bits per heavy atom. The van der Waals surface area contributed by atoms with Crippen LogP contribution in [0.4, 0.5) is 5.69 Å². The molecule has 0 amide bonds. The molecule has 1 aromatic carbocycles. The van der Waals surface area contributed by atoms with Crippen molar-refractivity contribution >= 4 is 17.4 Å². The summed E-state index contributed by atoms with van der Waals surface area (Å²) in [4.78, 5) is 19.3. The van der Waals surface area contributed by atoms with Crippen LogP contribution in [0, 0.1) is 11.8 Å². The lowest BCUT2D eigenvalue weighted by Gasteiger charge is -2.58. The minimum Gasteiger partial charge on any atom is -0.461 e. The highest BCUT2D eigenvalue weighted by Gasteiger charge is 2.74. The molecule has 26 heavy (non-hydrogen) atoms. The number of carbonyl (C=O) groups is 1. The summed E-state index contributed by atoms with van der Waals surface area (Å²) < 4.78 is 6.04. The summed E-state index contributed by atoms with van der Waals surface area (Å²) in [6, 6.07) is 8.67. The number of carbonyl (C=O) groups excluding carboxylic acids is 1. The molecule has 0 radical (unpaired) electrons. The first-order valence-electron chi connectivity index (χ1n) is 9.55. The lowest BCUT2D eigenvalue weighted by molar-refractivity contribution is -0.156. The monoisotopic (exact) mass is 350 g/mol. The first-order chi connectivity index (χ1) is 12.6. The maximum absolute atomic E-state index is 12.0. The predicted molar refractivity (Wildman–Crippen MR) is 96.2 cm³/mol. The second-order valence-corrected chi connectivity index (χ2v) is 8.33. The van der Waals surface area contributed by atoms with Crippen molar-refractivity contribution in [2.24, 2.45) is 16.8 Å². The third-order valence-electron chi connectivity index (χ3n) is 7.53. The molecule has 4 saturated heterocycles. The molecular formula is C21H22N2O3. The first kappa shape index (κ1) is 15.1. The summed E-state index contributed by atoms with van der Waals surface area (Å²) in [5.41, 5.74) is 4.10. The van der Waals surface area contributed by atoms with Gasteiger partial charge in [-0.25, -0.2) is 0 Å². The third kappa shape index (κ3) is 1.45. The fourth-order valence-electron chi connectivity index (χ4n) is 6.90. The molecule has 0 aromatic heterocycles. The number of aliphatic hydroxyl groups excluding tert-OH is 1. The van der Waals surface area contributed by atoms with Crippen LogP contribution in [0.15, 0.2) is 40.9 Å². The maximum atomic E-state index is 12.0. The van der Waals surface area contributed by atoms with Crippen molar-refractivity contribution in [3.05, 3.63) is 41.5 Å². The minimum atomic E-state index is -0.537. The smallest absolute Gasteiger partial charge is 0.302 e. The van der Waals surface area contributed by atoms with Crippen LogP contribution < -0.4 is 0 Å². The Kier molecular flexibility index (Phi) is 2.70. The van der Waals surface area contributed by atoms with Crippen molar-refractivity contribution in [1.29, 1.82) is 0 Å². The molecule has 8 atom stereocenters. The molecule has 134 valence electrons. The van der Waals surface area contributed by atoms with Crippen molar-refractivity contribution in [1.82, 2.24) is 4.90 Å². The lowest BCUT2D eigenvalue weighted by Crippen LogP contribution is -2.68. The Bertz CT molecular complexity index is 906. The number of ether oxygens (including phenoxy) is 1. The summed E-state index contributed by atoms with van der Waals surface area (Å²) in [7, 11) is 0. The topological polar surface area (TPSA) is 62.1 Å². The largest absolute Gasteiger partial charge is 0.461 e. The molecule has 5 bridgehead atoms. The highest BCUT2D eigenvalue weighted by atomic mass is 16.5. The van der Waals surface area contributed by atoms with E-state index in [-0.39, 0.29) is 41.4 Å². The van der Waals surface area contributed by atoms with E-state index in [9.17, 15) is 9.90 Å². The molecule has 1 spiro atoms. The van der Waals surface area contributed by atoms with Crippen molar-refractivity contribution in [3.8, 4) is 0 Å². The summed E-state index contributed by atoms with van der Waals surface area (Å²) in [5.74, 6) is 0.264. The number of nitrogens with zero attached hydrogens (tertiary/aromatic N) is 2. The van der Waals surface area contributed by atoms with Crippen LogP contribution in [-0.4, -0.2) is 46.1 Å². The number of benzene rings is 1. The minimum absolute atomic E-state index is 0.140. The van der Waals surface area contributed by atoms with Gasteiger partial charge in [0.25, 0.3) is 0 Å². The lowest BCUT2D eigenvalue weighted by atomic mass is 9.66. The molecule has 5 unspecified atom stereocenters. The molecule has 1 N–H and O–H groups in total. The molecule has 5 heterocycles. The van der Waals surface area contributed by atoms with Gasteiger partial charge in [-0.05, 0) is 42.9 Å². The van der Waals surface area contributed by atoms with Gasteiger partial charge in [0.05, 0.1) is 22.9 Å². The van der Waals surface area contributed by atoms with Gasteiger partial charge in [-0.1, -0.05) is 24.3 Å². The van der Waals surface area contributed by atoms with E-state index in [2.05, 4.69) is 29.2 Å². The van der Waals surface area contributed by atoms with Crippen molar-refractivity contribution < 1.29 is 14.6 Å². The SMILES string of the molecule is C/C=C1/C(O)N2[C@H]3C[C@@H]1C1C(OC(C)=O)C4(C[C@@H]12)C3=Nc1ccccc14. The first-order valence-corrected chi connectivity index (χ1v) is 9.55. The highest BCUT2D eigenvalue weighted by molar-refractivity contribution is 6.08. The van der Waals surface area contributed by atoms with Gasteiger partial charge in [0.1, 0.15) is 12.3 Å². The van der Waals surface area contributed by atoms with Crippen LogP contribution in [0.2, 0.25) is 0 Å². The standard InChI is InChI=1S/C21H22N2O3/c1-3-11-12-8-15-18-21(13-6-4-5-7-14(13)22-18)9-16(23(15)20(11)25)17(12)19(21)26-10(2)24/h3-7,12,15-17,19-20,25H,8-9H2,1-2H3/b11-3+/t12-,15-,16-,17?,19?,20?,21?/m0/s1. The molecule has 7 rings (SSSR count). The van der Waals surface area contributed by atoms with Gasteiger partial charge >= 0.3 is 5.97 Å². The number of rotatable bonds is 1. The van der Waals surface area contributed by atoms with E-state index in [1.165, 1.54) is 12.5 Å². The van der Waals surface area contributed by atoms with Gasteiger partial charge in [0, 0.05) is 18.9 Å². The number of para-hydroxylation sites is 1. The summed E-state index contributed by atoms with van der Waals surface area (Å²) in [6.45, 7) is 3.51. The number of hydrogen-bond donors (Lipinski definition) is 1. The maximum Gasteiger partial charge on any atom is 0.302 e. The van der Waals surface area contributed by atoms with Crippen LogP contribution in [0.25, 0.3) is 0 Å². The Morgan fingerprint density at radius 2 is 2.23 bits per heavy atom. The fourth-order valence-corrected chi connectivity index (χ4v) is 6.90. The van der Waals surface area contributed by atoms with E-state index in [1.807, 2.05) is 13.0 Å². The molecule has 5 heteroatoms. The quantitative estimate of drug-likeness (QED) is 0.624. The van der Waals surface area contributed by atoms with E-state index < -0.39 is 6.23 Å². The van der Waals surface area contributed by atoms with Gasteiger partial charge in [0.2, 0.25) is 0 Å². The molecule has 5 aliphatic heterocycles. The average Bonchev–Trinajstić information content (AvgIpc) is 3.08. The number of piperidine rings is 4. The number of hydrogen-bond acceptors (Lipinski definition) is 5. The van der Waals surface area contributed by atoms with Gasteiger partial charge in [0.15, 0.2) is 0 Å². The zero-order valence-electron chi connectivity index (χ0n) is 14.9. The van der Waals surface area contributed by atoms with E-state index >= 15 is 0 Å². The zero-order chi connectivity index (χ0) is 17.8. The van der Waals surface area contributed by atoms with E-state index in [4.69, 9.17) is 9.73 Å². The average molecular weight is 350 g/mol. The van der Waals surface area contributed by atoms with Crippen LogP contribution in [0.3, 0.4) is 0 Å². The Balaban J connectivity index is 1.62. The van der Waals surface area contributed by atoms with Crippen molar-refractivity contribution in [2.45, 2.75) is 56.5 Å². The summed E-state index contributed by atoms with van der Waals surface area (Å²) >= 11 is 0. The van der Waals surface area contributed by atoms with Gasteiger partial charge in [-0.15, -0.1) is 0 Å². The zero-order valence-corrected chi connectivity index (χ0v) is 14.9. The second kappa shape index (κ2) is 4.65.